The van der Waals surface area contributed by atoms with Gasteiger partial charge in [0.05, 0.1) is 5.56 Å². The fourth-order valence-electron chi connectivity index (χ4n) is 1.38. The number of hydrogen-bond acceptors (Lipinski definition) is 2. The molecule has 0 aliphatic rings. The molecule has 0 atom stereocenters. The summed E-state index contributed by atoms with van der Waals surface area (Å²) in [5.74, 6) is -1.36. The van der Waals surface area contributed by atoms with E-state index in [1.165, 1.54) is 25.8 Å². The summed E-state index contributed by atoms with van der Waals surface area (Å²) in [7, 11) is 1.49. The summed E-state index contributed by atoms with van der Waals surface area (Å²) in [6.07, 6.45) is 0. The Morgan fingerprint density at radius 2 is 1.89 bits per heavy atom. The Kier molecular flexibility index (Phi) is 4.16. The zero-order valence-electron chi connectivity index (χ0n) is 10.8. The number of halogens is 1. The van der Waals surface area contributed by atoms with E-state index >= 15 is 0 Å². The van der Waals surface area contributed by atoms with E-state index in [4.69, 9.17) is 5.11 Å². The molecule has 1 amide bonds. The second kappa shape index (κ2) is 5.10. The van der Waals surface area contributed by atoms with Crippen LogP contribution in [0.1, 0.15) is 29.8 Å². The number of amides is 1. The highest BCUT2D eigenvalue weighted by Crippen LogP contribution is 2.23. The Morgan fingerprint density at radius 1 is 1.33 bits per heavy atom. The molecule has 1 aromatic carbocycles. The summed E-state index contributed by atoms with van der Waals surface area (Å²) in [6, 6.07) is 5.40. The van der Waals surface area contributed by atoms with Crippen molar-refractivity contribution >= 4 is 27.8 Å². The lowest BCUT2D eigenvalue weighted by Gasteiger charge is -2.31. The molecule has 98 valence electrons. The minimum Gasteiger partial charge on any atom is -0.480 e. The first-order valence-corrected chi connectivity index (χ1v) is 6.25. The summed E-state index contributed by atoms with van der Waals surface area (Å²) in [4.78, 5) is 24.7. The number of carbonyl (C=O) groups is 2. The number of aryl methyl sites for hydroxylation is 1. The lowest BCUT2D eigenvalue weighted by Crippen LogP contribution is -2.50. The third kappa shape index (κ3) is 2.72. The van der Waals surface area contributed by atoms with Gasteiger partial charge in [-0.3, -0.25) is 4.79 Å². The van der Waals surface area contributed by atoms with Crippen LogP contribution in [-0.4, -0.2) is 34.5 Å². The highest BCUT2D eigenvalue weighted by Gasteiger charge is 2.36. The molecule has 0 radical (unpaired) electrons. The number of carbonyl (C=O) groups excluding carboxylic acids is 1. The van der Waals surface area contributed by atoms with Crippen molar-refractivity contribution in [2.45, 2.75) is 26.3 Å². The maximum Gasteiger partial charge on any atom is 0.329 e. The highest BCUT2D eigenvalue weighted by molar-refractivity contribution is 9.10. The van der Waals surface area contributed by atoms with Crippen molar-refractivity contribution in [3.63, 3.8) is 0 Å². The molecule has 5 heteroatoms. The van der Waals surface area contributed by atoms with E-state index in [9.17, 15) is 9.59 Å². The molecule has 0 bridgehead atoms. The maximum absolute atomic E-state index is 12.3. The van der Waals surface area contributed by atoms with Crippen molar-refractivity contribution in [3.8, 4) is 0 Å². The van der Waals surface area contributed by atoms with E-state index in [0.717, 1.165) is 5.56 Å². The molecular weight excluding hydrogens is 298 g/mol. The average molecular weight is 314 g/mol. The molecule has 0 fully saturated rings. The number of carboxylic acid groups (broad SMARTS) is 1. The van der Waals surface area contributed by atoms with E-state index in [1.807, 2.05) is 13.0 Å². The Bertz CT molecular complexity index is 497. The van der Waals surface area contributed by atoms with Crippen molar-refractivity contribution < 1.29 is 14.7 Å². The summed E-state index contributed by atoms with van der Waals surface area (Å²) in [5, 5.41) is 9.13. The van der Waals surface area contributed by atoms with Gasteiger partial charge >= 0.3 is 5.97 Å². The van der Waals surface area contributed by atoms with Gasteiger partial charge in [0.1, 0.15) is 5.54 Å². The molecule has 1 N–H and O–H groups in total. The predicted molar refractivity (Wildman–Crippen MR) is 72.7 cm³/mol. The lowest BCUT2D eigenvalue weighted by molar-refractivity contribution is -0.147. The molecule has 0 saturated heterocycles. The number of likely N-dealkylation sites (N-methyl/N-ethyl adjacent to an activating group) is 1. The van der Waals surface area contributed by atoms with Crippen LogP contribution >= 0.6 is 15.9 Å². The molecule has 1 rings (SSSR count). The van der Waals surface area contributed by atoms with Crippen LogP contribution in [-0.2, 0) is 4.79 Å². The van der Waals surface area contributed by atoms with E-state index < -0.39 is 11.5 Å². The van der Waals surface area contributed by atoms with Gasteiger partial charge < -0.3 is 10.0 Å². The SMILES string of the molecule is Cc1ccc(Br)c(C(=O)N(C)C(C)(C)C(=O)O)c1. The molecule has 0 unspecified atom stereocenters. The summed E-state index contributed by atoms with van der Waals surface area (Å²) < 4.78 is 0.658. The van der Waals surface area contributed by atoms with E-state index in [2.05, 4.69) is 15.9 Å². The average Bonchev–Trinajstić information content (AvgIpc) is 2.30. The second-order valence-corrected chi connectivity index (χ2v) is 5.57. The van der Waals surface area contributed by atoms with Gasteiger partial charge in [-0.25, -0.2) is 4.79 Å². The minimum absolute atomic E-state index is 0.321. The van der Waals surface area contributed by atoms with Gasteiger partial charge in [-0.05, 0) is 48.8 Å². The van der Waals surface area contributed by atoms with Gasteiger partial charge in [-0.2, -0.15) is 0 Å². The van der Waals surface area contributed by atoms with E-state index in [0.29, 0.717) is 10.0 Å². The molecule has 0 aliphatic carbocycles. The first kappa shape index (κ1) is 14.7. The minimum atomic E-state index is -1.25. The van der Waals surface area contributed by atoms with Crippen molar-refractivity contribution in [3.05, 3.63) is 33.8 Å². The molecule has 0 spiro atoms. The molecule has 0 heterocycles. The third-order valence-electron chi connectivity index (χ3n) is 3.02. The molecule has 4 nitrogen and oxygen atoms in total. The van der Waals surface area contributed by atoms with Crippen LogP contribution in [0.3, 0.4) is 0 Å². The van der Waals surface area contributed by atoms with Gasteiger partial charge in [0, 0.05) is 11.5 Å². The van der Waals surface area contributed by atoms with Gasteiger partial charge in [0.25, 0.3) is 5.91 Å². The second-order valence-electron chi connectivity index (χ2n) is 4.71. The Morgan fingerprint density at radius 3 is 2.39 bits per heavy atom. The first-order chi connectivity index (χ1) is 8.17. The quantitative estimate of drug-likeness (QED) is 0.933. The van der Waals surface area contributed by atoms with E-state index in [1.54, 1.807) is 12.1 Å². The van der Waals surface area contributed by atoms with Crippen molar-refractivity contribution in [2.24, 2.45) is 0 Å². The Hall–Kier alpha value is -1.36. The normalized spacial score (nSPS) is 11.2. The predicted octanol–water partition coefficient (Wildman–Crippen LogP) is 2.69. The van der Waals surface area contributed by atoms with Crippen molar-refractivity contribution in [2.75, 3.05) is 7.05 Å². The number of hydrogen-bond donors (Lipinski definition) is 1. The van der Waals surface area contributed by atoms with Crippen molar-refractivity contribution in [1.29, 1.82) is 0 Å². The van der Waals surface area contributed by atoms with Crippen LogP contribution in [0.4, 0.5) is 0 Å². The lowest BCUT2D eigenvalue weighted by atomic mass is 10.0. The summed E-state index contributed by atoms with van der Waals surface area (Å²) >= 11 is 3.31. The van der Waals surface area contributed by atoms with Gasteiger partial charge in [-0.1, -0.05) is 11.6 Å². The molecule has 0 saturated carbocycles. The van der Waals surface area contributed by atoms with Gasteiger partial charge in [0.15, 0.2) is 0 Å². The molecule has 1 aromatic rings. The monoisotopic (exact) mass is 313 g/mol. The van der Waals surface area contributed by atoms with E-state index in [-0.39, 0.29) is 5.91 Å². The van der Waals surface area contributed by atoms with Crippen LogP contribution < -0.4 is 0 Å². The van der Waals surface area contributed by atoms with Crippen molar-refractivity contribution in [1.82, 2.24) is 4.90 Å². The number of nitrogens with zero attached hydrogens (tertiary/aromatic N) is 1. The molecule has 0 aliphatic heterocycles. The standard InChI is InChI=1S/C13H16BrNO3/c1-8-5-6-10(14)9(7-8)11(16)15(4)13(2,3)12(17)18/h5-7H,1-4H3,(H,17,18). The number of benzene rings is 1. The third-order valence-corrected chi connectivity index (χ3v) is 3.71. The van der Waals surface area contributed by atoms with Crippen LogP contribution in [0.2, 0.25) is 0 Å². The first-order valence-electron chi connectivity index (χ1n) is 5.45. The maximum atomic E-state index is 12.3. The largest absolute Gasteiger partial charge is 0.480 e. The topological polar surface area (TPSA) is 57.6 Å². The fraction of sp³-hybridized carbons (Fsp3) is 0.385. The smallest absolute Gasteiger partial charge is 0.329 e. The molecular formula is C13H16BrNO3. The van der Waals surface area contributed by atoms with Gasteiger partial charge in [-0.15, -0.1) is 0 Å². The number of aliphatic carboxylic acids is 1. The number of carboxylic acids is 1. The summed E-state index contributed by atoms with van der Waals surface area (Å²) in [5.41, 5.74) is 0.162. The van der Waals surface area contributed by atoms with Crippen LogP contribution in [0.15, 0.2) is 22.7 Å². The highest BCUT2D eigenvalue weighted by atomic mass is 79.9. The molecule has 18 heavy (non-hydrogen) atoms. The Balaban J connectivity index is 3.15. The Labute approximate surface area is 115 Å². The van der Waals surface area contributed by atoms with Crippen LogP contribution in [0.25, 0.3) is 0 Å². The zero-order valence-corrected chi connectivity index (χ0v) is 12.4. The number of rotatable bonds is 3. The van der Waals surface area contributed by atoms with Gasteiger partial charge in [0.2, 0.25) is 0 Å². The van der Waals surface area contributed by atoms with Crippen LogP contribution in [0, 0.1) is 6.92 Å². The summed E-state index contributed by atoms with van der Waals surface area (Å²) in [6.45, 7) is 4.87. The molecule has 0 aromatic heterocycles. The fourth-order valence-corrected chi connectivity index (χ4v) is 1.80. The zero-order chi connectivity index (χ0) is 14.1. The van der Waals surface area contributed by atoms with Crippen LogP contribution in [0.5, 0.6) is 0 Å².